The second kappa shape index (κ2) is 8.28. The Balaban J connectivity index is 1.56. The van der Waals surface area contributed by atoms with Gasteiger partial charge in [0.2, 0.25) is 0 Å². The van der Waals surface area contributed by atoms with Crippen molar-refractivity contribution in [3.8, 4) is 0 Å². The van der Waals surface area contributed by atoms with E-state index in [0.29, 0.717) is 0 Å². The molecule has 0 aromatic heterocycles. The normalized spacial score (nSPS) is 34.6. The number of hydrogen-bond donors (Lipinski definition) is 1. The molecule has 3 aliphatic carbocycles. The van der Waals surface area contributed by atoms with Crippen LogP contribution in [0.5, 0.6) is 0 Å². The van der Waals surface area contributed by atoms with Crippen LogP contribution in [-0.2, 0) is 0 Å². The van der Waals surface area contributed by atoms with E-state index < -0.39 is 0 Å². The van der Waals surface area contributed by atoms with Crippen molar-refractivity contribution < 1.29 is 0 Å². The second-order valence-electron chi connectivity index (χ2n) is 9.37. The number of rotatable bonds is 3. The molecule has 1 heterocycles. The lowest BCUT2D eigenvalue weighted by Crippen LogP contribution is -2.43. The van der Waals surface area contributed by atoms with Crippen molar-refractivity contribution in [1.82, 2.24) is 5.32 Å². The molecule has 2 atom stereocenters. The molecule has 2 unspecified atom stereocenters. The van der Waals surface area contributed by atoms with Crippen LogP contribution in [-0.4, -0.2) is 6.54 Å². The van der Waals surface area contributed by atoms with Crippen LogP contribution in [0.25, 0.3) is 0 Å². The van der Waals surface area contributed by atoms with E-state index in [2.05, 4.69) is 11.5 Å². The summed E-state index contributed by atoms with van der Waals surface area (Å²) in [6, 6.07) is 0. The molecule has 0 radical (unpaired) electrons. The molecule has 0 bridgehead atoms. The van der Waals surface area contributed by atoms with Crippen LogP contribution >= 0.6 is 0 Å². The summed E-state index contributed by atoms with van der Waals surface area (Å²) in [7, 11) is 0. The fraction of sp³-hybridized carbons (Fsp3) is 0.913. The van der Waals surface area contributed by atoms with Gasteiger partial charge in [-0.05, 0) is 67.0 Å². The standard InChI is InChI=1S/C23H39N/c1-4-10-18(11-5-1)21-16-24-17-22(19-12-6-2-7-13-19)23(21)20-14-8-3-9-15-20/h16,18-20,22-24H,1-15,17H2. The fourth-order valence-corrected chi connectivity index (χ4v) is 6.75. The first kappa shape index (κ1) is 17.0. The molecule has 4 rings (SSSR count). The van der Waals surface area contributed by atoms with Gasteiger partial charge in [0.1, 0.15) is 0 Å². The first-order valence-electron chi connectivity index (χ1n) is 11.4. The average molecular weight is 330 g/mol. The molecule has 0 spiro atoms. The fourth-order valence-electron chi connectivity index (χ4n) is 6.75. The molecule has 1 nitrogen and oxygen atoms in total. The maximum Gasteiger partial charge on any atom is 0.0178 e. The Kier molecular flexibility index (Phi) is 5.86. The Morgan fingerprint density at radius 3 is 1.79 bits per heavy atom. The van der Waals surface area contributed by atoms with E-state index in [9.17, 15) is 0 Å². The molecule has 0 aromatic carbocycles. The van der Waals surface area contributed by atoms with Crippen molar-refractivity contribution in [2.75, 3.05) is 6.54 Å². The zero-order valence-corrected chi connectivity index (χ0v) is 15.8. The van der Waals surface area contributed by atoms with Gasteiger partial charge in [0.15, 0.2) is 0 Å². The lowest BCUT2D eigenvalue weighted by atomic mass is 9.61. The van der Waals surface area contributed by atoms with Crippen molar-refractivity contribution in [2.45, 2.75) is 96.3 Å². The molecule has 3 fully saturated rings. The molecule has 136 valence electrons. The molecule has 24 heavy (non-hydrogen) atoms. The van der Waals surface area contributed by atoms with Crippen LogP contribution in [0.3, 0.4) is 0 Å². The largest absolute Gasteiger partial charge is 0.391 e. The van der Waals surface area contributed by atoms with E-state index in [1.165, 1.54) is 103 Å². The molecule has 1 N–H and O–H groups in total. The van der Waals surface area contributed by atoms with Gasteiger partial charge < -0.3 is 5.32 Å². The van der Waals surface area contributed by atoms with Crippen LogP contribution in [0.4, 0.5) is 0 Å². The van der Waals surface area contributed by atoms with Gasteiger partial charge in [0, 0.05) is 6.54 Å². The summed E-state index contributed by atoms with van der Waals surface area (Å²) in [5, 5.41) is 3.79. The monoisotopic (exact) mass is 329 g/mol. The van der Waals surface area contributed by atoms with Gasteiger partial charge in [0.05, 0.1) is 0 Å². The minimum Gasteiger partial charge on any atom is -0.391 e. The Bertz CT molecular complexity index is 408. The van der Waals surface area contributed by atoms with E-state index >= 15 is 0 Å². The number of hydrogen-bond acceptors (Lipinski definition) is 1. The zero-order chi connectivity index (χ0) is 16.2. The smallest absolute Gasteiger partial charge is 0.0178 e. The molecule has 1 heteroatoms. The molecule has 4 aliphatic rings. The summed E-state index contributed by atoms with van der Waals surface area (Å²) < 4.78 is 0. The third-order valence-electron chi connectivity index (χ3n) is 7.96. The zero-order valence-electron chi connectivity index (χ0n) is 15.8. The first-order valence-corrected chi connectivity index (χ1v) is 11.4. The predicted molar refractivity (Wildman–Crippen MR) is 103 cm³/mol. The maximum atomic E-state index is 3.79. The lowest BCUT2D eigenvalue weighted by molar-refractivity contribution is 0.111. The highest BCUT2D eigenvalue weighted by Crippen LogP contribution is 2.48. The quantitative estimate of drug-likeness (QED) is 0.627. The highest BCUT2D eigenvalue weighted by Gasteiger charge is 2.41. The van der Waals surface area contributed by atoms with Gasteiger partial charge >= 0.3 is 0 Å². The van der Waals surface area contributed by atoms with E-state index in [1.54, 1.807) is 0 Å². The Morgan fingerprint density at radius 2 is 1.17 bits per heavy atom. The summed E-state index contributed by atoms with van der Waals surface area (Å²) in [6.45, 7) is 1.28. The van der Waals surface area contributed by atoms with Gasteiger partial charge in [-0.25, -0.2) is 0 Å². The van der Waals surface area contributed by atoms with Gasteiger partial charge in [-0.3, -0.25) is 0 Å². The molecular weight excluding hydrogens is 290 g/mol. The van der Waals surface area contributed by atoms with E-state index in [4.69, 9.17) is 0 Å². The van der Waals surface area contributed by atoms with Crippen molar-refractivity contribution in [2.24, 2.45) is 29.6 Å². The Morgan fingerprint density at radius 1 is 0.625 bits per heavy atom. The number of nitrogens with one attached hydrogen (secondary N) is 1. The van der Waals surface area contributed by atoms with Gasteiger partial charge in [0.25, 0.3) is 0 Å². The molecule has 1 aliphatic heterocycles. The minimum atomic E-state index is 0.921. The van der Waals surface area contributed by atoms with Crippen LogP contribution in [0.1, 0.15) is 96.3 Å². The van der Waals surface area contributed by atoms with Crippen LogP contribution in [0, 0.1) is 29.6 Å². The lowest BCUT2D eigenvalue weighted by Gasteiger charge is -2.47. The summed E-state index contributed by atoms with van der Waals surface area (Å²) in [4.78, 5) is 0. The minimum absolute atomic E-state index is 0.921. The molecule has 3 saturated carbocycles. The highest BCUT2D eigenvalue weighted by atomic mass is 14.9. The molecule has 0 saturated heterocycles. The second-order valence-corrected chi connectivity index (χ2v) is 9.37. The average Bonchev–Trinajstić information content (AvgIpc) is 2.69. The Labute approximate surface area is 150 Å². The van der Waals surface area contributed by atoms with Gasteiger partial charge in [-0.2, -0.15) is 0 Å². The number of allylic oxidation sites excluding steroid dienone is 1. The molecule has 0 aromatic rings. The van der Waals surface area contributed by atoms with E-state index in [1.807, 2.05) is 5.57 Å². The van der Waals surface area contributed by atoms with Crippen molar-refractivity contribution in [3.05, 3.63) is 11.8 Å². The SMILES string of the molecule is C1=C(C2CCCCC2)C(C2CCCCC2)C(C2CCCCC2)CN1. The van der Waals surface area contributed by atoms with Crippen molar-refractivity contribution in [1.29, 1.82) is 0 Å². The molecule has 0 amide bonds. The summed E-state index contributed by atoms with van der Waals surface area (Å²) >= 11 is 0. The van der Waals surface area contributed by atoms with Crippen LogP contribution in [0.2, 0.25) is 0 Å². The van der Waals surface area contributed by atoms with Crippen LogP contribution < -0.4 is 5.32 Å². The Hall–Kier alpha value is -0.460. The third kappa shape index (κ3) is 3.70. The van der Waals surface area contributed by atoms with Crippen molar-refractivity contribution >= 4 is 0 Å². The molecular formula is C23H39N. The predicted octanol–water partition coefficient (Wildman–Crippen LogP) is 6.45. The topological polar surface area (TPSA) is 12.0 Å². The maximum absolute atomic E-state index is 3.79. The summed E-state index contributed by atoms with van der Waals surface area (Å²) in [5.41, 5.74) is 1.89. The van der Waals surface area contributed by atoms with Crippen molar-refractivity contribution in [3.63, 3.8) is 0 Å². The first-order chi connectivity index (χ1) is 11.9. The van der Waals surface area contributed by atoms with Gasteiger partial charge in [-0.1, -0.05) is 70.6 Å². The van der Waals surface area contributed by atoms with E-state index in [0.717, 1.165) is 29.6 Å². The van der Waals surface area contributed by atoms with E-state index in [-0.39, 0.29) is 0 Å². The van der Waals surface area contributed by atoms with Gasteiger partial charge in [-0.15, -0.1) is 0 Å². The van der Waals surface area contributed by atoms with Crippen LogP contribution in [0.15, 0.2) is 11.8 Å². The summed E-state index contributed by atoms with van der Waals surface area (Å²) in [5.74, 6) is 4.85. The highest BCUT2D eigenvalue weighted by molar-refractivity contribution is 5.18. The third-order valence-corrected chi connectivity index (χ3v) is 7.96. The summed E-state index contributed by atoms with van der Waals surface area (Å²) in [6.07, 6.45) is 25.0.